The molecule has 0 aliphatic carbocycles. The fraction of sp³-hybridized carbons (Fsp3) is 0.292. The number of aromatic nitrogens is 1. The maximum Gasteiger partial charge on any atom is 0.216 e. The van der Waals surface area contributed by atoms with Gasteiger partial charge in [0.25, 0.3) is 0 Å². The summed E-state index contributed by atoms with van der Waals surface area (Å²) in [7, 11) is 0. The highest BCUT2D eigenvalue weighted by molar-refractivity contribution is 5.71. The molecule has 2 aromatic carbocycles. The van der Waals surface area contributed by atoms with E-state index in [4.69, 9.17) is 0 Å². The van der Waals surface area contributed by atoms with Crippen LogP contribution >= 0.6 is 0 Å². The SMILES string of the molecule is Cc1cc(C)c(-[n+]2c(C)c(C)c(-c3ccccc3)c(C)c2C)c(C)c1. The van der Waals surface area contributed by atoms with Crippen molar-refractivity contribution in [1.82, 2.24) is 0 Å². The predicted molar refractivity (Wildman–Crippen MR) is 107 cm³/mol. The van der Waals surface area contributed by atoms with Crippen LogP contribution in [0.2, 0.25) is 0 Å². The monoisotopic (exact) mass is 330 g/mol. The zero-order valence-corrected chi connectivity index (χ0v) is 16.5. The number of benzene rings is 2. The van der Waals surface area contributed by atoms with E-state index in [2.05, 4.69) is 95.5 Å². The molecule has 0 saturated heterocycles. The smallest absolute Gasteiger partial charge is 0.161 e. The number of pyridine rings is 1. The zero-order valence-electron chi connectivity index (χ0n) is 16.5. The molecule has 0 bridgehead atoms. The second-order valence-electron chi connectivity index (χ2n) is 7.24. The first-order valence-electron chi connectivity index (χ1n) is 8.99. The quantitative estimate of drug-likeness (QED) is 0.524. The Labute approximate surface area is 152 Å². The minimum Gasteiger partial charge on any atom is -0.161 e. The van der Waals surface area contributed by atoms with Gasteiger partial charge in [0, 0.05) is 36.1 Å². The molecular weight excluding hydrogens is 302 g/mol. The Bertz CT molecular complexity index is 898. The van der Waals surface area contributed by atoms with E-state index < -0.39 is 0 Å². The van der Waals surface area contributed by atoms with Crippen LogP contribution in [0.1, 0.15) is 39.2 Å². The summed E-state index contributed by atoms with van der Waals surface area (Å²) in [6.45, 7) is 15.6. The zero-order chi connectivity index (χ0) is 18.3. The summed E-state index contributed by atoms with van der Waals surface area (Å²) in [4.78, 5) is 0. The molecule has 1 heteroatoms. The summed E-state index contributed by atoms with van der Waals surface area (Å²) in [6.07, 6.45) is 0. The van der Waals surface area contributed by atoms with Gasteiger partial charge in [-0.15, -0.1) is 0 Å². The van der Waals surface area contributed by atoms with Crippen molar-refractivity contribution in [2.45, 2.75) is 48.5 Å². The fourth-order valence-corrected chi connectivity index (χ4v) is 4.13. The van der Waals surface area contributed by atoms with E-state index in [9.17, 15) is 0 Å². The van der Waals surface area contributed by atoms with Crippen molar-refractivity contribution in [3.05, 3.63) is 81.7 Å². The summed E-state index contributed by atoms with van der Waals surface area (Å²) in [5.41, 5.74) is 13.3. The van der Waals surface area contributed by atoms with Gasteiger partial charge in [0.1, 0.15) is 0 Å². The molecule has 0 amide bonds. The maximum absolute atomic E-state index is 2.45. The van der Waals surface area contributed by atoms with Crippen LogP contribution in [0.3, 0.4) is 0 Å². The molecule has 0 saturated carbocycles. The number of aryl methyl sites for hydroxylation is 3. The molecule has 0 spiro atoms. The lowest BCUT2D eigenvalue weighted by Gasteiger charge is -2.17. The third-order valence-corrected chi connectivity index (χ3v) is 5.43. The first-order chi connectivity index (χ1) is 11.8. The van der Waals surface area contributed by atoms with Crippen LogP contribution in [0.15, 0.2) is 42.5 Å². The van der Waals surface area contributed by atoms with Crippen LogP contribution < -0.4 is 4.57 Å². The van der Waals surface area contributed by atoms with E-state index >= 15 is 0 Å². The molecule has 1 heterocycles. The molecule has 0 radical (unpaired) electrons. The third kappa shape index (κ3) is 2.89. The molecule has 3 rings (SSSR count). The Morgan fingerprint density at radius 1 is 0.640 bits per heavy atom. The van der Waals surface area contributed by atoms with Crippen LogP contribution in [-0.2, 0) is 0 Å². The summed E-state index contributed by atoms with van der Waals surface area (Å²) in [5.74, 6) is 0. The van der Waals surface area contributed by atoms with E-state index in [0.29, 0.717) is 0 Å². The Morgan fingerprint density at radius 3 is 1.60 bits per heavy atom. The van der Waals surface area contributed by atoms with Crippen LogP contribution in [0, 0.1) is 48.5 Å². The van der Waals surface area contributed by atoms with E-state index in [-0.39, 0.29) is 0 Å². The fourth-order valence-electron chi connectivity index (χ4n) is 4.13. The van der Waals surface area contributed by atoms with Crippen molar-refractivity contribution in [1.29, 1.82) is 0 Å². The first-order valence-corrected chi connectivity index (χ1v) is 8.99. The van der Waals surface area contributed by atoms with Crippen molar-refractivity contribution >= 4 is 0 Å². The number of rotatable bonds is 2. The van der Waals surface area contributed by atoms with Gasteiger partial charge in [-0.1, -0.05) is 35.9 Å². The van der Waals surface area contributed by atoms with E-state index in [1.54, 1.807) is 0 Å². The van der Waals surface area contributed by atoms with E-state index in [1.165, 1.54) is 56.0 Å². The van der Waals surface area contributed by atoms with Gasteiger partial charge in [0.05, 0.1) is 0 Å². The average Bonchev–Trinajstić information content (AvgIpc) is 2.56. The summed E-state index contributed by atoms with van der Waals surface area (Å²) in [5, 5.41) is 0. The van der Waals surface area contributed by atoms with Crippen LogP contribution in [-0.4, -0.2) is 0 Å². The van der Waals surface area contributed by atoms with Gasteiger partial charge in [-0.2, -0.15) is 4.57 Å². The maximum atomic E-state index is 2.45. The Balaban J connectivity index is 2.36. The topological polar surface area (TPSA) is 3.88 Å². The van der Waals surface area contributed by atoms with Crippen molar-refractivity contribution in [2.24, 2.45) is 0 Å². The number of nitrogens with zero attached hydrogens (tertiary/aromatic N) is 1. The highest BCUT2D eigenvalue weighted by atomic mass is 15.0. The van der Waals surface area contributed by atoms with E-state index in [0.717, 1.165) is 0 Å². The Kier molecular flexibility index (Phi) is 4.51. The van der Waals surface area contributed by atoms with Crippen molar-refractivity contribution in [3.63, 3.8) is 0 Å². The molecule has 0 aliphatic heterocycles. The second kappa shape index (κ2) is 6.48. The molecule has 0 N–H and O–H groups in total. The molecule has 1 aromatic heterocycles. The lowest BCUT2D eigenvalue weighted by atomic mass is 9.93. The number of hydrogen-bond acceptors (Lipinski definition) is 0. The third-order valence-electron chi connectivity index (χ3n) is 5.43. The summed E-state index contributed by atoms with van der Waals surface area (Å²) >= 11 is 0. The van der Waals surface area contributed by atoms with Crippen molar-refractivity contribution in [3.8, 4) is 16.8 Å². The van der Waals surface area contributed by atoms with Gasteiger partial charge in [-0.05, 0) is 57.9 Å². The largest absolute Gasteiger partial charge is 0.216 e. The predicted octanol–water partition coefficient (Wildman–Crippen LogP) is 5.79. The highest BCUT2D eigenvalue weighted by Gasteiger charge is 2.26. The lowest BCUT2D eigenvalue weighted by molar-refractivity contribution is -0.611. The molecule has 25 heavy (non-hydrogen) atoms. The van der Waals surface area contributed by atoms with E-state index in [1.807, 2.05) is 0 Å². The molecule has 0 fully saturated rings. The Hall–Kier alpha value is -2.41. The Morgan fingerprint density at radius 2 is 1.12 bits per heavy atom. The van der Waals surface area contributed by atoms with Gasteiger partial charge >= 0.3 is 0 Å². The average molecular weight is 330 g/mol. The second-order valence-corrected chi connectivity index (χ2v) is 7.24. The molecule has 0 unspecified atom stereocenters. The van der Waals surface area contributed by atoms with Crippen molar-refractivity contribution < 1.29 is 4.57 Å². The van der Waals surface area contributed by atoms with Gasteiger partial charge in [-0.3, -0.25) is 0 Å². The van der Waals surface area contributed by atoms with Gasteiger partial charge < -0.3 is 0 Å². The summed E-state index contributed by atoms with van der Waals surface area (Å²) < 4.78 is 2.45. The van der Waals surface area contributed by atoms with Gasteiger partial charge in [0.15, 0.2) is 11.4 Å². The first kappa shape index (κ1) is 17.4. The lowest BCUT2D eigenvalue weighted by Crippen LogP contribution is -2.41. The molecule has 3 aromatic rings. The summed E-state index contributed by atoms with van der Waals surface area (Å²) in [6, 6.07) is 15.3. The molecular formula is C24H28N+. The van der Waals surface area contributed by atoms with Crippen LogP contribution in [0.5, 0.6) is 0 Å². The molecule has 0 atom stereocenters. The molecule has 128 valence electrons. The standard InChI is InChI=1S/C24H28N/c1-15-13-16(2)24(17(3)14-15)25-20(6)18(4)23(19(5)21(25)7)22-11-9-8-10-12-22/h8-14H,1-7H3/q+1. The number of hydrogen-bond donors (Lipinski definition) is 0. The van der Waals surface area contributed by atoms with Gasteiger partial charge in [0.2, 0.25) is 5.69 Å². The minimum absolute atomic E-state index is 1.30. The van der Waals surface area contributed by atoms with Crippen LogP contribution in [0.25, 0.3) is 16.8 Å². The highest BCUT2D eigenvalue weighted by Crippen LogP contribution is 2.30. The van der Waals surface area contributed by atoms with Gasteiger partial charge in [-0.25, -0.2) is 0 Å². The molecule has 1 nitrogen and oxygen atoms in total. The van der Waals surface area contributed by atoms with Crippen LogP contribution in [0.4, 0.5) is 0 Å². The molecule has 0 aliphatic rings. The normalized spacial score (nSPS) is 11.0. The minimum atomic E-state index is 1.30. The van der Waals surface area contributed by atoms with Crippen molar-refractivity contribution in [2.75, 3.05) is 0 Å².